The van der Waals surface area contributed by atoms with Crippen LogP contribution in [0.25, 0.3) is 0 Å². The van der Waals surface area contributed by atoms with E-state index in [1.807, 2.05) is 48.5 Å². The summed E-state index contributed by atoms with van der Waals surface area (Å²) in [6.45, 7) is 0.603. The molecule has 26 heavy (non-hydrogen) atoms. The second-order valence-electron chi connectivity index (χ2n) is 5.66. The molecule has 0 aliphatic carbocycles. The van der Waals surface area contributed by atoms with E-state index in [0.717, 1.165) is 28.5 Å². The van der Waals surface area contributed by atoms with Crippen LogP contribution in [0.4, 0.5) is 5.69 Å². The van der Waals surface area contributed by atoms with Crippen LogP contribution in [0.15, 0.2) is 72.8 Å². The summed E-state index contributed by atoms with van der Waals surface area (Å²) in [5.41, 5.74) is 2.18. The van der Waals surface area contributed by atoms with Crippen LogP contribution in [-0.2, 0) is 6.54 Å². The zero-order chi connectivity index (χ0) is 18.4. The van der Waals surface area contributed by atoms with Crippen LogP contribution in [0.3, 0.4) is 0 Å². The SMILES string of the molecule is COc1ccc(Oc2cccc(CNc3ccc(C(=O)O)cc3)c2)cc1. The van der Waals surface area contributed by atoms with Crippen LogP contribution in [0.2, 0.25) is 0 Å². The summed E-state index contributed by atoms with van der Waals surface area (Å²) >= 11 is 0. The number of carbonyl (C=O) groups is 1. The van der Waals surface area contributed by atoms with Gasteiger partial charge >= 0.3 is 5.97 Å². The number of hydrogen-bond donors (Lipinski definition) is 2. The smallest absolute Gasteiger partial charge is 0.335 e. The van der Waals surface area contributed by atoms with E-state index in [0.29, 0.717) is 6.54 Å². The standard InChI is InChI=1S/C21H19NO4/c1-25-18-9-11-19(12-10-18)26-20-4-2-3-15(13-20)14-22-17-7-5-16(6-8-17)21(23)24/h2-13,22H,14H2,1H3,(H,23,24). The van der Waals surface area contributed by atoms with E-state index < -0.39 is 5.97 Å². The first kappa shape index (κ1) is 17.4. The Morgan fingerprint density at radius 1 is 0.923 bits per heavy atom. The van der Waals surface area contributed by atoms with Crippen molar-refractivity contribution in [2.75, 3.05) is 12.4 Å². The molecule has 5 nitrogen and oxygen atoms in total. The summed E-state index contributed by atoms with van der Waals surface area (Å²) in [7, 11) is 1.63. The first-order valence-corrected chi connectivity index (χ1v) is 8.12. The highest BCUT2D eigenvalue weighted by molar-refractivity contribution is 5.87. The molecule has 0 fully saturated rings. The maximum absolute atomic E-state index is 10.9. The molecule has 0 spiro atoms. The van der Waals surface area contributed by atoms with E-state index in [2.05, 4.69) is 5.32 Å². The predicted molar refractivity (Wildman–Crippen MR) is 100 cm³/mol. The average Bonchev–Trinajstić information content (AvgIpc) is 2.67. The topological polar surface area (TPSA) is 67.8 Å². The number of nitrogens with one attached hydrogen (secondary N) is 1. The summed E-state index contributed by atoms with van der Waals surface area (Å²) in [6, 6.07) is 21.9. The summed E-state index contributed by atoms with van der Waals surface area (Å²) in [4.78, 5) is 10.9. The molecule has 0 aliphatic heterocycles. The van der Waals surface area contributed by atoms with Gasteiger partial charge in [0.1, 0.15) is 17.2 Å². The van der Waals surface area contributed by atoms with Crippen molar-refractivity contribution >= 4 is 11.7 Å². The molecule has 3 aromatic carbocycles. The van der Waals surface area contributed by atoms with Crippen molar-refractivity contribution in [3.05, 3.63) is 83.9 Å². The van der Waals surface area contributed by atoms with Crippen molar-refractivity contribution in [1.82, 2.24) is 0 Å². The van der Waals surface area contributed by atoms with Crippen LogP contribution < -0.4 is 14.8 Å². The lowest BCUT2D eigenvalue weighted by Crippen LogP contribution is -2.01. The molecule has 2 N–H and O–H groups in total. The summed E-state index contributed by atoms with van der Waals surface area (Å²) in [5.74, 6) is 1.33. The highest BCUT2D eigenvalue weighted by atomic mass is 16.5. The van der Waals surface area contributed by atoms with Crippen LogP contribution in [0.5, 0.6) is 17.2 Å². The van der Waals surface area contributed by atoms with Crippen LogP contribution in [0, 0.1) is 0 Å². The largest absolute Gasteiger partial charge is 0.497 e. The minimum absolute atomic E-state index is 0.269. The maximum Gasteiger partial charge on any atom is 0.335 e. The van der Waals surface area contributed by atoms with Crippen LogP contribution in [-0.4, -0.2) is 18.2 Å². The Morgan fingerprint density at radius 2 is 1.62 bits per heavy atom. The average molecular weight is 349 g/mol. The number of carboxylic acid groups (broad SMARTS) is 1. The van der Waals surface area contributed by atoms with E-state index in [4.69, 9.17) is 14.6 Å². The van der Waals surface area contributed by atoms with Crippen molar-refractivity contribution in [3.8, 4) is 17.2 Å². The highest BCUT2D eigenvalue weighted by Crippen LogP contribution is 2.24. The summed E-state index contributed by atoms with van der Waals surface area (Å²) < 4.78 is 11.0. The molecule has 5 heteroatoms. The molecular formula is C21H19NO4. The lowest BCUT2D eigenvalue weighted by molar-refractivity contribution is 0.0697. The quantitative estimate of drug-likeness (QED) is 0.641. The molecule has 0 bridgehead atoms. The number of aromatic carboxylic acids is 1. The number of benzene rings is 3. The van der Waals surface area contributed by atoms with Gasteiger partial charge in [0.15, 0.2) is 0 Å². The fourth-order valence-corrected chi connectivity index (χ4v) is 2.43. The normalized spacial score (nSPS) is 10.2. The molecule has 0 radical (unpaired) electrons. The molecule has 0 unspecified atom stereocenters. The second kappa shape index (κ2) is 8.07. The number of anilines is 1. The Kier molecular flexibility index (Phi) is 5.39. The fourth-order valence-electron chi connectivity index (χ4n) is 2.43. The van der Waals surface area contributed by atoms with Crippen molar-refractivity contribution in [2.45, 2.75) is 6.54 Å². The third-order valence-electron chi connectivity index (χ3n) is 3.82. The summed E-state index contributed by atoms with van der Waals surface area (Å²) in [6.07, 6.45) is 0. The van der Waals surface area contributed by atoms with Gasteiger partial charge in [0.2, 0.25) is 0 Å². The van der Waals surface area contributed by atoms with Gasteiger partial charge < -0.3 is 19.9 Å². The minimum atomic E-state index is -0.931. The zero-order valence-electron chi connectivity index (χ0n) is 14.3. The summed E-state index contributed by atoms with van der Waals surface area (Å²) in [5, 5.41) is 12.2. The molecule has 0 saturated heterocycles. The van der Waals surface area contributed by atoms with Gasteiger partial charge in [-0.25, -0.2) is 4.79 Å². The van der Waals surface area contributed by atoms with Gasteiger partial charge in [0, 0.05) is 12.2 Å². The van der Waals surface area contributed by atoms with E-state index in [-0.39, 0.29) is 5.56 Å². The number of hydrogen-bond acceptors (Lipinski definition) is 4. The van der Waals surface area contributed by atoms with Crippen molar-refractivity contribution in [2.24, 2.45) is 0 Å². The molecule has 3 aromatic rings. The lowest BCUT2D eigenvalue weighted by atomic mass is 10.2. The van der Waals surface area contributed by atoms with Crippen molar-refractivity contribution in [1.29, 1.82) is 0 Å². The van der Waals surface area contributed by atoms with E-state index in [1.54, 1.807) is 31.4 Å². The highest BCUT2D eigenvalue weighted by Gasteiger charge is 2.03. The van der Waals surface area contributed by atoms with Crippen molar-refractivity contribution < 1.29 is 19.4 Å². The molecule has 0 aliphatic rings. The minimum Gasteiger partial charge on any atom is -0.497 e. The van der Waals surface area contributed by atoms with Gasteiger partial charge in [-0.3, -0.25) is 0 Å². The molecule has 0 saturated carbocycles. The van der Waals surface area contributed by atoms with Gasteiger partial charge in [-0.1, -0.05) is 12.1 Å². The molecule has 3 rings (SSSR count). The Hall–Kier alpha value is -3.47. The van der Waals surface area contributed by atoms with E-state index in [9.17, 15) is 4.79 Å². The molecular weight excluding hydrogens is 330 g/mol. The monoisotopic (exact) mass is 349 g/mol. The number of methoxy groups -OCH3 is 1. The van der Waals surface area contributed by atoms with Crippen LogP contribution in [0.1, 0.15) is 15.9 Å². The van der Waals surface area contributed by atoms with Gasteiger partial charge in [-0.2, -0.15) is 0 Å². The van der Waals surface area contributed by atoms with Gasteiger partial charge in [0.05, 0.1) is 12.7 Å². The van der Waals surface area contributed by atoms with E-state index >= 15 is 0 Å². The van der Waals surface area contributed by atoms with Crippen molar-refractivity contribution in [3.63, 3.8) is 0 Å². The first-order valence-electron chi connectivity index (χ1n) is 8.12. The number of rotatable bonds is 7. The maximum atomic E-state index is 10.9. The molecule has 0 amide bonds. The second-order valence-corrected chi connectivity index (χ2v) is 5.66. The third-order valence-corrected chi connectivity index (χ3v) is 3.82. The first-order chi connectivity index (χ1) is 12.6. The Morgan fingerprint density at radius 3 is 2.27 bits per heavy atom. The van der Waals surface area contributed by atoms with Gasteiger partial charge in [-0.05, 0) is 66.2 Å². The lowest BCUT2D eigenvalue weighted by Gasteiger charge is -2.10. The Labute approximate surface area is 151 Å². The van der Waals surface area contributed by atoms with E-state index in [1.165, 1.54) is 0 Å². The van der Waals surface area contributed by atoms with Gasteiger partial charge in [-0.15, -0.1) is 0 Å². The fraction of sp³-hybridized carbons (Fsp3) is 0.0952. The Balaban J connectivity index is 1.62. The molecule has 132 valence electrons. The number of ether oxygens (including phenoxy) is 2. The number of carboxylic acids is 1. The zero-order valence-corrected chi connectivity index (χ0v) is 14.3. The van der Waals surface area contributed by atoms with Crippen LogP contribution >= 0.6 is 0 Å². The Bertz CT molecular complexity index is 873. The molecule has 0 heterocycles. The molecule has 0 atom stereocenters. The van der Waals surface area contributed by atoms with Gasteiger partial charge in [0.25, 0.3) is 0 Å². The third kappa shape index (κ3) is 4.54. The predicted octanol–water partition coefficient (Wildman–Crippen LogP) is 4.80. The molecule has 0 aromatic heterocycles.